The first-order valence-corrected chi connectivity index (χ1v) is 11.0. The molecular formula is C24H27F3N4O2. The molecule has 2 aromatic carbocycles. The Morgan fingerprint density at radius 2 is 1.70 bits per heavy atom. The second-order valence-corrected chi connectivity index (χ2v) is 9.02. The van der Waals surface area contributed by atoms with Crippen molar-refractivity contribution in [2.75, 3.05) is 18.4 Å². The van der Waals surface area contributed by atoms with Gasteiger partial charge in [0, 0.05) is 37.3 Å². The number of nitrogens with two attached hydrogens (primary N) is 1. The monoisotopic (exact) mass is 460 g/mol. The molecule has 9 heteroatoms. The van der Waals surface area contributed by atoms with Crippen molar-refractivity contribution >= 4 is 17.6 Å². The number of rotatable bonds is 5. The number of hydrogen-bond acceptors (Lipinski definition) is 3. The lowest BCUT2D eigenvalue weighted by Crippen LogP contribution is -2.52. The third-order valence-corrected chi connectivity index (χ3v) is 6.45. The van der Waals surface area contributed by atoms with E-state index in [0.717, 1.165) is 22.9 Å². The maximum absolute atomic E-state index is 13.9. The molecule has 3 atom stereocenters. The first-order valence-electron chi connectivity index (χ1n) is 11.0. The Bertz CT molecular complexity index is 1090. The van der Waals surface area contributed by atoms with E-state index in [4.69, 9.17) is 5.73 Å². The minimum atomic E-state index is -1.26. The smallest absolute Gasteiger partial charge is 0.322 e. The SMILES string of the molecule is Cc1ccc(NC(=O)N2C[C@H]3C[C@@H]2CN3C(=O)C[C@H](N)Cc2cc(F)c(F)cc2F)c(C)c1. The van der Waals surface area contributed by atoms with Gasteiger partial charge in [-0.15, -0.1) is 0 Å². The van der Waals surface area contributed by atoms with E-state index in [9.17, 15) is 22.8 Å². The van der Waals surface area contributed by atoms with E-state index in [1.165, 1.54) is 0 Å². The molecule has 0 aliphatic carbocycles. The molecule has 2 heterocycles. The maximum Gasteiger partial charge on any atom is 0.322 e. The highest BCUT2D eigenvalue weighted by Crippen LogP contribution is 2.32. The van der Waals surface area contributed by atoms with Gasteiger partial charge in [0.05, 0.1) is 12.1 Å². The van der Waals surface area contributed by atoms with Crippen LogP contribution in [0.25, 0.3) is 0 Å². The Morgan fingerprint density at radius 1 is 1.03 bits per heavy atom. The maximum atomic E-state index is 13.9. The normalized spacial score (nSPS) is 20.3. The fourth-order valence-electron chi connectivity index (χ4n) is 4.78. The van der Waals surface area contributed by atoms with Gasteiger partial charge in [-0.25, -0.2) is 18.0 Å². The van der Waals surface area contributed by atoms with Crippen LogP contribution in [-0.4, -0.2) is 53.0 Å². The van der Waals surface area contributed by atoms with Gasteiger partial charge in [0.25, 0.3) is 0 Å². The van der Waals surface area contributed by atoms with Crippen molar-refractivity contribution in [2.24, 2.45) is 5.73 Å². The van der Waals surface area contributed by atoms with Crippen molar-refractivity contribution < 1.29 is 22.8 Å². The predicted molar refractivity (Wildman–Crippen MR) is 118 cm³/mol. The van der Waals surface area contributed by atoms with E-state index in [2.05, 4.69) is 5.32 Å². The molecule has 4 rings (SSSR count). The summed E-state index contributed by atoms with van der Waals surface area (Å²) in [7, 11) is 0. The molecule has 2 aliphatic rings. The molecule has 0 aromatic heterocycles. The average Bonchev–Trinajstić information content (AvgIpc) is 3.35. The lowest BCUT2D eigenvalue weighted by atomic mass is 10.0. The first-order chi connectivity index (χ1) is 15.6. The van der Waals surface area contributed by atoms with E-state index < -0.39 is 23.5 Å². The Kier molecular flexibility index (Phi) is 6.34. The molecule has 2 fully saturated rings. The number of nitrogens with zero attached hydrogens (tertiary/aromatic N) is 2. The molecule has 2 aromatic rings. The zero-order valence-corrected chi connectivity index (χ0v) is 18.6. The number of piperazine rings is 1. The molecule has 2 bridgehead atoms. The predicted octanol–water partition coefficient (Wildman–Crippen LogP) is 3.50. The number of nitrogens with one attached hydrogen (secondary N) is 1. The van der Waals surface area contributed by atoms with Gasteiger partial charge < -0.3 is 20.9 Å². The van der Waals surface area contributed by atoms with Crippen LogP contribution in [0.4, 0.5) is 23.7 Å². The summed E-state index contributed by atoms with van der Waals surface area (Å²) in [6.45, 7) is 4.77. The number of aryl methyl sites for hydroxylation is 2. The van der Waals surface area contributed by atoms with Gasteiger partial charge in [-0.2, -0.15) is 0 Å². The molecule has 2 aliphatic heterocycles. The van der Waals surface area contributed by atoms with Gasteiger partial charge in [0.15, 0.2) is 11.6 Å². The topological polar surface area (TPSA) is 78.7 Å². The molecular weight excluding hydrogens is 433 g/mol. The molecule has 0 radical (unpaired) electrons. The van der Waals surface area contributed by atoms with Crippen LogP contribution in [0.2, 0.25) is 0 Å². The molecule has 33 heavy (non-hydrogen) atoms. The van der Waals surface area contributed by atoms with Crippen LogP contribution < -0.4 is 11.1 Å². The van der Waals surface area contributed by atoms with Crippen LogP contribution in [-0.2, 0) is 11.2 Å². The summed E-state index contributed by atoms with van der Waals surface area (Å²) in [5, 5.41) is 2.95. The standard InChI is InChI=1S/C24H27F3N4O2/c1-13-3-4-22(14(2)5-13)29-24(33)31-12-17-9-18(31)11-30(17)23(32)8-16(28)6-15-7-20(26)21(27)10-19(15)25/h3-5,7,10,16-18H,6,8-9,11-12,28H2,1-2H3,(H,29,33)/t16-,17-,18-/m1/s1. The summed E-state index contributed by atoms with van der Waals surface area (Å²) < 4.78 is 40.4. The molecule has 176 valence electrons. The zero-order valence-electron chi connectivity index (χ0n) is 18.6. The molecule has 2 saturated heterocycles. The van der Waals surface area contributed by atoms with E-state index in [-0.39, 0.29) is 42.4 Å². The highest BCUT2D eigenvalue weighted by molar-refractivity contribution is 5.91. The van der Waals surface area contributed by atoms with Gasteiger partial charge >= 0.3 is 6.03 Å². The lowest BCUT2D eigenvalue weighted by Gasteiger charge is -2.34. The number of carbonyl (C=O) groups is 2. The minimum absolute atomic E-state index is 0.0452. The van der Waals surface area contributed by atoms with Crippen molar-refractivity contribution in [2.45, 2.75) is 51.2 Å². The quantitative estimate of drug-likeness (QED) is 0.671. The molecule has 0 saturated carbocycles. The van der Waals surface area contributed by atoms with Crippen molar-refractivity contribution in [1.29, 1.82) is 0 Å². The van der Waals surface area contributed by atoms with Crippen molar-refractivity contribution in [3.05, 3.63) is 64.5 Å². The number of benzene rings is 2. The molecule has 0 spiro atoms. The molecule has 3 amide bonds. The Morgan fingerprint density at radius 3 is 2.36 bits per heavy atom. The van der Waals surface area contributed by atoms with Gasteiger partial charge in [0.1, 0.15) is 5.82 Å². The van der Waals surface area contributed by atoms with E-state index in [1.807, 2.05) is 32.0 Å². The number of hydrogen-bond donors (Lipinski definition) is 2. The van der Waals surface area contributed by atoms with Crippen LogP contribution in [0.5, 0.6) is 0 Å². The van der Waals surface area contributed by atoms with Crippen LogP contribution >= 0.6 is 0 Å². The minimum Gasteiger partial charge on any atom is -0.336 e. The molecule has 0 unspecified atom stereocenters. The number of fused-ring (bicyclic) bond motifs is 2. The second kappa shape index (κ2) is 9.05. The van der Waals surface area contributed by atoms with Crippen LogP contribution in [0, 0.1) is 31.3 Å². The van der Waals surface area contributed by atoms with Crippen LogP contribution in [0.3, 0.4) is 0 Å². The fraction of sp³-hybridized carbons (Fsp3) is 0.417. The Hall–Kier alpha value is -3.07. The Balaban J connectivity index is 1.31. The number of urea groups is 1. The average molecular weight is 461 g/mol. The highest BCUT2D eigenvalue weighted by Gasteiger charge is 2.47. The van der Waals surface area contributed by atoms with Crippen LogP contribution in [0.1, 0.15) is 29.5 Å². The summed E-state index contributed by atoms with van der Waals surface area (Å²) in [6.07, 6.45) is 0.566. The summed E-state index contributed by atoms with van der Waals surface area (Å²) >= 11 is 0. The summed E-state index contributed by atoms with van der Waals surface area (Å²) in [5.41, 5.74) is 8.81. The van der Waals surface area contributed by atoms with Crippen molar-refractivity contribution in [1.82, 2.24) is 9.80 Å². The van der Waals surface area contributed by atoms with Crippen molar-refractivity contribution in [3.63, 3.8) is 0 Å². The van der Waals surface area contributed by atoms with E-state index in [1.54, 1.807) is 9.80 Å². The second-order valence-electron chi connectivity index (χ2n) is 9.02. The largest absolute Gasteiger partial charge is 0.336 e. The van der Waals surface area contributed by atoms with Gasteiger partial charge in [0.2, 0.25) is 5.91 Å². The number of halogens is 3. The van der Waals surface area contributed by atoms with Gasteiger partial charge in [-0.3, -0.25) is 4.79 Å². The molecule has 6 nitrogen and oxygen atoms in total. The van der Waals surface area contributed by atoms with E-state index >= 15 is 0 Å². The van der Waals surface area contributed by atoms with Gasteiger partial charge in [-0.1, -0.05) is 17.7 Å². The number of carbonyl (C=O) groups excluding carboxylic acids is 2. The number of amides is 3. The summed E-state index contributed by atoms with van der Waals surface area (Å²) in [4.78, 5) is 29.0. The van der Waals surface area contributed by atoms with Crippen molar-refractivity contribution in [3.8, 4) is 0 Å². The van der Waals surface area contributed by atoms with Crippen LogP contribution in [0.15, 0.2) is 30.3 Å². The van der Waals surface area contributed by atoms with Gasteiger partial charge in [-0.05, 0) is 49.9 Å². The summed E-state index contributed by atoms with van der Waals surface area (Å²) in [6, 6.07) is 5.98. The number of anilines is 1. The number of likely N-dealkylation sites (tertiary alicyclic amines) is 2. The van der Waals surface area contributed by atoms with E-state index in [0.29, 0.717) is 25.6 Å². The fourth-order valence-corrected chi connectivity index (χ4v) is 4.78. The summed E-state index contributed by atoms with van der Waals surface area (Å²) in [5.74, 6) is -3.49. The molecule has 3 N–H and O–H groups in total. The Labute approximate surface area is 190 Å². The zero-order chi connectivity index (χ0) is 23.9. The highest BCUT2D eigenvalue weighted by atomic mass is 19.2. The third-order valence-electron chi connectivity index (χ3n) is 6.45. The lowest BCUT2D eigenvalue weighted by molar-refractivity contribution is -0.133. The first kappa shape index (κ1) is 23.1. The third kappa shape index (κ3) is 4.83.